The number of carbonyl (C=O) groups is 2. The van der Waals surface area contributed by atoms with Crippen LogP contribution in [0.2, 0.25) is 0 Å². The van der Waals surface area contributed by atoms with Crippen LogP contribution in [0, 0.1) is 28.6 Å². The Balaban J connectivity index is 1.99. The predicted octanol–water partition coefficient (Wildman–Crippen LogP) is 4.56. The van der Waals surface area contributed by atoms with E-state index in [4.69, 9.17) is 14.2 Å². The Morgan fingerprint density at radius 1 is 1.31 bits per heavy atom. The number of fused-ring (bicyclic) bond motifs is 3. The minimum Gasteiger partial charge on any atom is -0.458 e. The molecule has 2 aliphatic carbocycles. The van der Waals surface area contributed by atoms with E-state index in [9.17, 15) is 14.7 Å². The maximum Gasteiger partial charge on any atom is 0.333 e. The molecule has 3 aliphatic rings. The molecule has 1 N–H and O–H groups in total. The largest absolute Gasteiger partial charge is 0.458 e. The zero-order valence-corrected chi connectivity index (χ0v) is 20.6. The molecule has 7 atom stereocenters. The average molecular weight is 449 g/mol. The molecule has 1 saturated heterocycles. The fourth-order valence-electron chi connectivity index (χ4n) is 6.35. The Morgan fingerprint density at radius 3 is 2.62 bits per heavy atom. The van der Waals surface area contributed by atoms with E-state index in [2.05, 4.69) is 26.8 Å². The van der Waals surface area contributed by atoms with Crippen molar-refractivity contribution < 1.29 is 28.9 Å². The predicted molar refractivity (Wildman–Crippen MR) is 121 cm³/mol. The van der Waals surface area contributed by atoms with Crippen LogP contribution < -0.4 is 0 Å². The lowest BCUT2D eigenvalue weighted by atomic mass is 9.47. The summed E-state index contributed by atoms with van der Waals surface area (Å²) in [6.45, 7) is 14.3. The monoisotopic (exact) mass is 448 g/mol. The third-order valence-corrected chi connectivity index (χ3v) is 8.22. The van der Waals surface area contributed by atoms with Gasteiger partial charge in [-0.25, -0.2) is 4.79 Å². The van der Waals surface area contributed by atoms with Crippen molar-refractivity contribution in [3.05, 3.63) is 23.3 Å². The molecule has 1 unspecified atom stereocenters. The van der Waals surface area contributed by atoms with Gasteiger partial charge in [0.25, 0.3) is 0 Å². The average Bonchev–Trinajstić information content (AvgIpc) is 3.12. The quantitative estimate of drug-likeness (QED) is 0.364. The number of esters is 2. The number of aliphatic hydroxyl groups excluding tert-OH is 1. The topological polar surface area (TPSA) is 82.1 Å². The summed E-state index contributed by atoms with van der Waals surface area (Å²) in [7, 11) is 0. The minimum atomic E-state index is -0.873. The van der Waals surface area contributed by atoms with Crippen LogP contribution in [0.15, 0.2) is 23.3 Å². The zero-order chi connectivity index (χ0) is 23.8. The number of ether oxygens (including phenoxy) is 3. The van der Waals surface area contributed by atoms with Gasteiger partial charge >= 0.3 is 11.9 Å². The minimum absolute atomic E-state index is 0.136. The molecule has 6 nitrogen and oxygen atoms in total. The summed E-state index contributed by atoms with van der Waals surface area (Å²) < 4.78 is 17.7. The van der Waals surface area contributed by atoms with Gasteiger partial charge in [-0.15, -0.1) is 0 Å². The normalized spacial score (nSPS) is 37.1. The summed E-state index contributed by atoms with van der Waals surface area (Å²) in [5.41, 5.74) is 0.825. The molecule has 0 bridgehead atoms. The molecule has 1 aliphatic heterocycles. The number of carbonyl (C=O) groups excluding carboxylic acids is 2. The molecule has 0 aromatic rings. The van der Waals surface area contributed by atoms with E-state index in [1.54, 1.807) is 19.9 Å². The van der Waals surface area contributed by atoms with Crippen LogP contribution in [0.1, 0.15) is 74.1 Å². The summed E-state index contributed by atoms with van der Waals surface area (Å²) in [5, 5.41) is 10.7. The van der Waals surface area contributed by atoms with Crippen molar-refractivity contribution >= 4 is 11.9 Å². The van der Waals surface area contributed by atoms with Gasteiger partial charge in [0.2, 0.25) is 0 Å². The van der Waals surface area contributed by atoms with Crippen molar-refractivity contribution in [3.8, 4) is 0 Å². The first-order chi connectivity index (χ1) is 15.0. The second kappa shape index (κ2) is 9.30. The standard InChI is InChI=1S/C26H40O6/c1-8-10-16(4)23(28)32-21-18(31-22(27)15(3)9-2)13-26(7)19(25(21,5)6)12-11-17-14-30-24(29)20(17)26/h9,11,16,18-21,24,29H,8,10,12-14H2,1-7H3/b15-9-/t16?,18-,19+,20-,21+,24-,26+/m1/s1. The van der Waals surface area contributed by atoms with Gasteiger partial charge in [0.1, 0.15) is 12.2 Å². The van der Waals surface area contributed by atoms with E-state index in [1.807, 2.05) is 13.8 Å². The van der Waals surface area contributed by atoms with Crippen molar-refractivity contribution in [1.29, 1.82) is 0 Å². The first kappa shape index (κ1) is 25.0. The molecule has 3 rings (SSSR count). The van der Waals surface area contributed by atoms with E-state index in [0.29, 0.717) is 18.6 Å². The van der Waals surface area contributed by atoms with E-state index in [-0.39, 0.29) is 29.1 Å². The van der Waals surface area contributed by atoms with Crippen LogP contribution >= 0.6 is 0 Å². The molecule has 2 fully saturated rings. The molecule has 6 heteroatoms. The summed E-state index contributed by atoms with van der Waals surface area (Å²) in [6.07, 6.45) is 4.86. The van der Waals surface area contributed by atoms with Crippen LogP contribution in [0.4, 0.5) is 0 Å². The van der Waals surface area contributed by atoms with E-state index >= 15 is 0 Å². The molecule has 0 spiro atoms. The fraction of sp³-hybridized carbons (Fsp3) is 0.769. The fourth-order valence-corrected chi connectivity index (χ4v) is 6.35. The van der Waals surface area contributed by atoms with Crippen molar-refractivity contribution in [3.63, 3.8) is 0 Å². The van der Waals surface area contributed by atoms with Crippen molar-refractivity contribution in [1.82, 2.24) is 0 Å². The van der Waals surface area contributed by atoms with Crippen LogP contribution in [-0.4, -0.2) is 42.1 Å². The number of hydrogen-bond donors (Lipinski definition) is 1. The molecule has 1 saturated carbocycles. The van der Waals surface area contributed by atoms with Crippen LogP contribution in [-0.2, 0) is 23.8 Å². The highest BCUT2D eigenvalue weighted by atomic mass is 16.6. The Morgan fingerprint density at radius 2 is 2.00 bits per heavy atom. The van der Waals surface area contributed by atoms with Gasteiger partial charge < -0.3 is 19.3 Å². The van der Waals surface area contributed by atoms with Gasteiger partial charge in [0, 0.05) is 16.9 Å². The molecule has 0 amide bonds. The number of rotatable bonds is 6. The molecule has 0 aromatic heterocycles. The highest BCUT2D eigenvalue weighted by molar-refractivity contribution is 5.87. The zero-order valence-electron chi connectivity index (χ0n) is 20.6. The van der Waals surface area contributed by atoms with Gasteiger partial charge in [-0.05, 0) is 50.0 Å². The van der Waals surface area contributed by atoms with Gasteiger partial charge in [-0.2, -0.15) is 0 Å². The van der Waals surface area contributed by atoms with E-state index in [1.165, 1.54) is 0 Å². The van der Waals surface area contributed by atoms with Gasteiger partial charge in [0.05, 0.1) is 12.5 Å². The van der Waals surface area contributed by atoms with Gasteiger partial charge in [-0.3, -0.25) is 4.79 Å². The number of aliphatic hydroxyl groups is 1. The van der Waals surface area contributed by atoms with Crippen molar-refractivity contribution in [2.45, 2.75) is 92.6 Å². The Labute approximate surface area is 192 Å². The first-order valence-electron chi connectivity index (χ1n) is 12.0. The molecular formula is C26H40O6. The van der Waals surface area contributed by atoms with E-state index in [0.717, 1.165) is 24.8 Å². The summed E-state index contributed by atoms with van der Waals surface area (Å²) >= 11 is 0. The maximum absolute atomic E-state index is 12.9. The highest BCUT2D eigenvalue weighted by Gasteiger charge is 2.63. The van der Waals surface area contributed by atoms with E-state index < -0.39 is 29.9 Å². The Kier molecular flexibility index (Phi) is 7.26. The van der Waals surface area contributed by atoms with Gasteiger partial charge in [-0.1, -0.05) is 53.2 Å². The van der Waals surface area contributed by atoms with Crippen LogP contribution in [0.3, 0.4) is 0 Å². The summed E-state index contributed by atoms with van der Waals surface area (Å²) in [6, 6.07) is 0. The summed E-state index contributed by atoms with van der Waals surface area (Å²) in [4.78, 5) is 25.7. The van der Waals surface area contributed by atoms with Crippen LogP contribution in [0.25, 0.3) is 0 Å². The lowest BCUT2D eigenvalue weighted by molar-refractivity contribution is -0.223. The number of allylic oxidation sites excluding steroid dienone is 2. The molecule has 0 aromatic carbocycles. The smallest absolute Gasteiger partial charge is 0.333 e. The molecule has 0 radical (unpaired) electrons. The van der Waals surface area contributed by atoms with Crippen LogP contribution in [0.5, 0.6) is 0 Å². The SMILES string of the molecule is C/C=C(/C)C(=O)O[C@@H]1C[C@]2(C)[C@@H]3C(=CC[C@H]2C(C)(C)[C@H]1OC(=O)C(C)CCC)CO[C@H]3O. The molecule has 32 heavy (non-hydrogen) atoms. The molecule has 1 heterocycles. The second-order valence-electron chi connectivity index (χ2n) is 10.7. The summed E-state index contributed by atoms with van der Waals surface area (Å²) in [5.74, 6) is -0.862. The lowest BCUT2D eigenvalue weighted by Gasteiger charge is -2.59. The van der Waals surface area contributed by atoms with Gasteiger partial charge in [0.15, 0.2) is 6.29 Å². The lowest BCUT2D eigenvalue weighted by Crippen LogP contribution is -2.62. The number of hydrogen-bond acceptors (Lipinski definition) is 6. The molecule has 180 valence electrons. The van der Waals surface area contributed by atoms with Crippen molar-refractivity contribution in [2.75, 3.05) is 6.61 Å². The molecular weight excluding hydrogens is 408 g/mol. The highest BCUT2D eigenvalue weighted by Crippen LogP contribution is 2.62. The maximum atomic E-state index is 12.9. The Bertz CT molecular complexity index is 796. The van der Waals surface area contributed by atoms with Crippen molar-refractivity contribution in [2.24, 2.45) is 28.6 Å². The third kappa shape index (κ3) is 4.28. The third-order valence-electron chi connectivity index (χ3n) is 8.22. The Hall–Kier alpha value is -1.66. The first-order valence-corrected chi connectivity index (χ1v) is 12.0. The second-order valence-corrected chi connectivity index (χ2v) is 10.7.